The van der Waals surface area contributed by atoms with Crippen LogP contribution in [0.25, 0.3) is 15.9 Å². The molecule has 0 saturated heterocycles. The zero-order chi connectivity index (χ0) is 23.0. The SMILES string of the molecule is CCOC(=O)CSc1nc2sc3c(c2c(=O)n1-c1ccc(C)cc1)CC[C@H](C(C)(C)C)C3. The first kappa shape index (κ1) is 23.1. The number of carbonyl (C=O) groups is 1. The summed E-state index contributed by atoms with van der Waals surface area (Å²) in [5.41, 5.74) is 3.26. The van der Waals surface area contributed by atoms with Gasteiger partial charge >= 0.3 is 5.97 Å². The first-order chi connectivity index (χ1) is 15.2. The summed E-state index contributed by atoms with van der Waals surface area (Å²) in [4.78, 5) is 32.8. The van der Waals surface area contributed by atoms with Crippen LogP contribution in [0.4, 0.5) is 0 Å². The lowest BCUT2D eigenvalue weighted by atomic mass is 9.72. The van der Waals surface area contributed by atoms with Crippen molar-refractivity contribution in [2.24, 2.45) is 11.3 Å². The third kappa shape index (κ3) is 4.50. The van der Waals surface area contributed by atoms with Crippen molar-refractivity contribution >= 4 is 39.3 Å². The Morgan fingerprint density at radius 1 is 1.28 bits per heavy atom. The van der Waals surface area contributed by atoms with E-state index in [-0.39, 0.29) is 22.7 Å². The van der Waals surface area contributed by atoms with Crippen LogP contribution in [0.1, 0.15) is 50.1 Å². The molecular weight excluding hydrogens is 440 g/mol. The molecule has 0 N–H and O–H groups in total. The van der Waals surface area contributed by atoms with Crippen molar-refractivity contribution in [1.82, 2.24) is 9.55 Å². The van der Waals surface area contributed by atoms with E-state index in [0.717, 1.165) is 40.7 Å². The predicted molar refractivity (Wildman–Crippen MR) is 132 cm³/mol. The third-order valence-electron chi connectivity index (χ3n) is 6.19. The molecule has 5 nitrogen and oxygen atoms in total. The Balaban J connectivity index is 1.84. The molecule has 0 amide bonds. The second-order valence-corrected chi connectivity index (χ2v) is 11.5. The Kier molecular flexibility index (Phi) is 6.50. The maximum atomic E-state index is 13.8. The van der Waals surface area contributed by atoms with Gasteiger partial charge in [-0.15, -0.1) is 11.3 Å². The fourth-order valence-corrected chi connectivity index (χ4v) is 6.44. The summed E-state index contributed by atoms with van der Waals surface area (Å²) in [5.74, 6) is 0.412. The van der Waals surface area contributed by atoms with Crippen LogP contribution in [0, 0.1) is 18.3 Å². The molecule has 32 heavy (non-hydrogen) atoms. The van der Waals surface area contributed by atoms with Crippen LogP contribution in [0.5, 0.6) is 0 Å². The zero-order valence-electron chi connectivity index (χ0n) is 19.4. The van der Waals surface area contributed by atoms with E-state index in [1.54, 1.807) is 22.8 Å². The molecule has 1 atom stereocenters. The number of hydrogen-bond donors (Lipinski definition) is 0. The minimum absolute atomic E-state index is 0.0445. The van der Waals surface area contributed by atoms with E-state index >= 15 is 0 Å². The van der Waals surface area contributed by atoms with Gasteiger partial charge in [-0.05, 0) is 62.1 Å². The number of aryl methyl sites for hydroxylation is 2. The molecule has 1 aliphatic rings. The highest BCUT2D eigenvalue weighted by Gasteiger charge is 2.32. The van der Waals surface area contributed by atoms with Gasteiger partial charge in [-0.2, -0.15) is 0 Å². The summed E-state index contributed by atoms with van der Waals surface area (Å²) in [6.45, 7) is 11.0. The standard InChI is InChI=1S/C25H30N2O3S2/c1-6-30-20(28)14-31-24-26-22-21(23(29)27(24)17-10-7-15(2)8-11-17)18-12-9-16(25(3,4)5)13-19(18)32-22/h7-8,10-11,16H,6,9,12-14H2,1-5H3/t16-/m0/s1. The number of fused-ring (bicyclic) bond motifs is 3. The predicted octanol–water partition coefficient (Wildman–Crippen LogP) is 5.56. The van der Waals surface area contributed by atoms with Crippen LogP contribution >= 0.6 is 23.1 Å². The summed E-state index contributed by atoms with van der Waals surface area (Å²) in [5, 5.41) is 1.28. The quantitative estimate of drug-likeness (QED) is 0.277. The molecule has 170 valence electrons. The molecule has 0 aliphatic heterocycles. The minimum Gasteiger partial charge on any atom is -0.465 e. The van der Waals surface area contributed by atoms with E-state index < -0.39 is 0 Å². The van der Waals surface area contributed by atoms with Crippen LogP contribution < -0.4 is 5.56 Å². The van der Waals surface area contributed by atoms with Crippen molar-refractivity contribution in [3.63, 3.8) is 0 Å². The zero-order valence-corrected chi connectivity index (χ0v) is 21.0. The van der Waals surface area contributed by atoms with Crippen LogP contribution in [-0.4, -0.2) is 27.9 Å². The van der Waals surface area contributed by atoms with Gasteiger partial charge in [0.15, 0.2) is 5.16 Å². The molecule has 0 unspecified atom stereocenters. The van der Waals surface area contributed by atoms with Gasteiger partial charge in [0.05, 0.1) is 23.4 Å². The summed E-state index contributed by atoms with van der Waals surface area (Å²) >= 11 is 2.90. The minimum atomic E-state index is -0.305. The average molecular weight is 471 g/mol. The van der Waals surface area contributed by atoms with Gasteiger partial charge < -0.3 is 4.74 Å². The molecule has 0 bridgehead atoms. The number of carbonyl (C=O) groups excluding carboxylic acids is 1. The van der Waals surface area contributed by atoms with Gasteiger partial charge in [0, 0.05) is 4.88 Å². The summed E-state index contributed by atoms with van der Waals surface area (Å²) in [7, 11) is 0. The van der Waals surface area contributed by atoms with Crippen molar-refractivity contribution in [2.75, 3.05) is 12.4 Å². The fourth-order valence-electron chi connectivity index (χ4n) is 4.29. The molecule has 4 rings (SSSR count). The number of esters is 1. The van der Waals surface area contributed by atoms with E-state index in [2.05, 4.69) is 20.8 Å². The maximum absolute atomic E-state index is 13.8. The molecule has 0 saturated carbocycles. The van der Waals surface area contributed by atoms with E-state index in [4.69, 9.17) is 9.72 Å². The van der Waals surface area contributed by atoms with E-state index in [0.29, 0.717) is 17.7 Å². The van der Waals surface area contributed by atoms with Gasteiger partial charge in [0.1, 0.15) is 4.83 Å². The molecular formula is C25H30N2O3S2. The van der Waals surface area contributed by atoms with E-state index in [1.807, 2.05) is 31.2 Å². The van der Waals surface area contributed by atoms with Gasteiger partial charge in [-0.3, -0.25) is 14.2 Å². The monoisotopic (exact) mass is 470 g/mol. The van der Waals surface area contributed by atoms with Gasteiger partial charge in [0.25, 0.3) is 5.56 Å². The molecule has 1 aromatic carbocycles. The van der Waals surface area contributed by atoms with Crippen molar-refractivity contribution < 1.29 is 9.53 Å². The lowest BCUT2D eigenvalue weighted by molar-refractivity contribution is -0.139. The highest BCUT2D eigenvalue weighted by atomic mass is 32.2. The largest absolute Gasteiger partial charge is 0.465 e. The van der Waals surface area contributed by atoms with Crippen LogP contribution in [0.3, 0.4) is 0 Å². The first-order valence-corrected chi connectivity index (χ1v) is 12.9. The topological polar surface area (TPSA) is 61.2 Å². The normalized spacial score (nSPS) is 16.2. The molecule has 7 heteroatoms. The van der Waals surface area contributed by atoms with Gasteiger partial charge in [0.2, 0.25) is 0 Å². The smallest absolute Gasteiger partial charge is 0.316 e. The maximum Gasteiger partial charge on any atom is 0.316 e. The Labute approximate surface area is 197 Å². The van der Waals surface area contributed by atoms with Crippen molar-refractivity contribution in [3.05, 3.63) is 50.6 Å². The molecule has 2 heterocycles. The number of thiophene rings is 1. The highest BCUT2D eigenvalue weighted by Crippen LogP contribution is 2.42. The van der Waals surface area contributed by atoms with Gasteiger partial charge in [-0.1, -0.05) is 50.2 Å². The fraction of sp³-hybridized carbons (Fsp3) is 0.480. The third-order valence-corrected chi connectivity index (χ3v) is 8.25. The Hall–Kier alpha value is -2.12. The Bertz CT molecular complexity index is 1200. The second kappa shape index (κ2) is 9.02. The lowest BCUT2D eigenvalue weighted by Crippen LogP contribution is -2.27. The molecule has 0 spiro atoms. The first-order valence-electron chi connectivity index (χ1n) is 11.1. The molecule has 2 aromatic heterocycles. The molecule has 3 aromatic rings. The van der Waals surface area contributed by atoms with E-state index in [1.165, 1.54) is 22.2 Å². The van der Waals surface area contributed by atoms with Crippen LogP contribution in [0.2, 0.25) is 0 Å². The number of aromatic nitrogens is 2. The second-order valence-electron chi connectivity index (χ2n) is 9.45. The van der Waals surface area contributed by atoms with Crippen LogP contribution in [0.15, 0.2) is 34.2 Å². The summed E-state index contributed by atoms with van der Waals surface area (Å²) in [6, 6.07) is 7.85. The molecule has 1 aliphatic carbocycles. The number of hydrogen-bond acceptors (Lipinski definition) is 6. The summed E-state index contributed by atoms with van der Waals surface area (Å²) < 4.78 is 6.74. The Morgan fingerprint density at radius 3 is 2.66 bits per heavy atom. The number of thioether (sulfide) groups is 1. The van der Waals surface area contributed by atoms with Crippen LogP contribution in [-0.2, 0) is 22.4 Å². The highest BCUT2D eigenvalue weighted by molar-refractivity contribution is 7.99. The average Bonchev–Trinajstić information content (AvgIpc) is 3.10. The van der Waals surface area contributed by atoms with Crippen molar-refractivity contribution in [2.45, 2.75) is 59.0 Å². The van der Waals surface area contributed by atoms with Gasteiger partial charge in [-0.25, -0.2) is 4.98 Å². The molecule has 0 fully saturated rings. The Morgan fingerprint density at radius 2 is 2.00 bits per heavy atom. The molecule has 0 radical (unpaired) electrons. The van der Waals surface area contributed by atoms with E-state index in [9.17, 15) is 9.59 Å². The lowest BCUT2D eigenvalue weighted by Gasteiger charge is -2.33. The number of rotatable bonds is 5. The number of benzene rings is 1. The summed E-state index contributed by atoms with van der Waals surface area (Å²) in [6.07, 6.45) is 3.00. The van der Waals surface area contributed by atoms with Crippen molar-refractivity contribution in [3.8, 4) is 5.69 Å². The number of nitrogens with zero attached hydrogens (tertiary/aromatic N) is 2. The number of ether oxygens (including phenoxy) is 1. The van der Waals surface area contributed by atoms with Crippen molar-refractivity contribution in [1.29, 1.82) is 0 Å².